The minimum atomic E-state index is -0.543. The summed E-state index contributed by atoms with van der Waals surface area (Å²) in [4.78, 5) is 11.0. The van der Waals surface area contributed by atoms with Gasteiger partial charge in [0, 0.05) is 10.9 Å². The number of hydrogen-bond acceptors (Lipinski definition) is 2. The molecule has 0 aliphatic rings. The predicted octanol–water partition coefficient (Wildman–Crippen LogP) is 3.43. The van der Waals surface area contributed by atoms with Gasteiger partial charge in [-0.15, -0.1) is 0 Å². The van der Waals surface area contributed by atoms with E-state index in [1.807, 2.05) is 32.0 Å². The number of hydrogen-bond donors (Lipinski definition) is 0. The van der Waals surface area contributed by atoms with E-state index < -0.39 is 5.24 Å². The first-order chi connectivity index (χ1) is 6.61. The van der Waals surface area contributed by atoms with Crippen LogP contribution in [0.25, 0.3) is 11.0 Å². The van der Waals surface area contributed by atoms with E-state index in [0.717, 1.165) is 16.5 Å². The standard InChI is InChI=1S/C11H9ClO2/c1-6-4-3-5-8-9(6)7(2)10(14-8)11(12)13/h3-5H,1-2H3. The van der Waals surface area contributed by atoms with E-state index in [-0.39, 0.29) is 5.76 Å². The van der Waals surface area contributed by atoms with Crippen LogP contribution >= 0.6 is 11.6 Å². The van der Waals surface area contributed by atoms with E-state index in [1.54, 1.807) is 0 Å². The lowest BCUT2D eigenvalue weighted by Crippen LogP contribution is -1.87. The molecule has 2 rings (SSSR count). The lowest BCUT2D eigenvalue weighted by atomic mass is 10.1. The maximum atomic E-state index is 11.0. The summed E-state index contributed by atoms with van der Waals surface area (Å²) < 4.78 is 5.36. The summed E-state index contributed by atoms with van der Waals surface area (Å²) in [6.45, 7) is 3.82. The first-order valence-corrected chi connectivity index (χ1v) is 4.67. The number of fused-ring (bicyclic) bond motifs is 1. The molecule has 1 aromatic carbocycles. The van der Waals surface area contributed by atoms with E-state index in [9.17, 15) is 4.79 Å². The highest BCUT2D eigenvalue weighted by molar-refractivity contribution is 6.67. The fourth-order valence-electron chi connectivity index (χ4n) is 1.69. The Labute approximate surface area is 86.5 Å². The third-order valence-electron chi connectivity index (χ3n) is 2.34. The summed E-state index contributed by atoms with van der Waals surface area (Å²) in [6, 6.07) is 5.70. The number of aryl methyl sites for hydroxylation is 2. The van der Waals surface area contributed by atoms with Crippen LogP contribution < -0.4 is 0 Å². The van der Waals surface area contributed by atoms with Crippen molar-refractivity contribution in [2.45, 2.75) is 13.8 Å². The molecule has 0 saturated heterocycles. The zero-order valence-corrected chi connectivity index (χ0v) is 8.68. The normalized spacial score (nSPS) is 10.8. The molecule has 0 unspecified atom stereocenters. The van der Waals surface area contributed by atoms with Gasteiger partial charge in [-0.25, -0.2) is 0 Å². The Morgan fingerprint density at radius 2 is 2.07 bits per heavy atom. The van der Waals surface area contributed by atoms with E-state index >= 15 is 0 Å². The van der Waals surface area contributed by atoms with Gasteiger partial charge in [0.05, 0.1) is 0 Å². The third kappa shape index (κ3) is 1.23. The molecule has 0 N–H and O–H groups in total. The third-order valence-corrected chi connectivity index (χ3v) is 2.51. The van der Waals surface area contributed by atoms with Crippen LogP contribution in [0.3, 0.4) is 0 Å². The maximum absolute atomic E-state index is 11.0. The quantitative estimate of drug-likeness (QED) is 0.673. The first-order valence-electron chi connectivity index (χ1n) is 4.30. The molecule has 1 heterocycles. The van der Waals surface area contributed by atoms with Crippen LogP contribution in [-0.2, 0) is 0 Å². The van der Waals surface area contributed by atoms with Gasteiger partial charge < -0.3 is 4.42 Å². The molecule has 2 aromatic rings. The lowest BCUT2D eigenvalue weighted by molar-refractivity contribution is 0.105. The number of halogens is 1. The van der Waals surface area contributed by atoms with Gasteiger partial charge in [-0.2, -0.15) is 0 Å². The van der Waals surface area contributed by atoms with Gasteiger partial charge in [-0.1, -0.05) is 12.1 Å². The van der Waals surface area contributed by atoms with Gasteiger partial charge in [0.1, 0.15) is 5.58 Å². The monoisotopic (exact) mass is 208 g/mol. The van der Waals surface area contributed by atoms with Crippen molar-refractivity contribution < 1.29 is 9.21 Å². The molecule has 0 aliphatic carbocycles. The van der Waals surface area contributed by atoms with Crippen LogP contribution in [0.4, 0.5) is 0 Å². The molecule has 14 heavy (non-hydrogen) atoms. The van der Waals surface area contributed by atoms with Crippen molar-refractivity contribution in [1.29, 1.82) is 0 Å². The number of furan rings is 1. The van der Waals surface area contributed by atoms with Crippen LogP contribution in [0.1, 0.15) is 21.7 Å². The molecule has 0 radical (unpaired) electrons. The zero-order chi connectivity index (χ0) is 10.3. The highest BCUT2D eigenvalue weighted by Gasteiger charge is 2.16. The minimum absolute atomic E-state index is 0.246. The summed E-state index contributed by atoms with van der Waals surface area (Å²) in [5.41, 5.74) is 2.62. The Morgan fingerprint density at radius 1 is 1.36 bits per heavy atom. The van der Waals surface area contributed by atoms with Crippen molar-refractivity contribution >= 4 is 27.8 Å². The van der Waals surface area contributed by atoms with Crippen LogP contribution in [-0.4, -0.2) is 5.24 Å². The van der Waals surface area contributed by atoms with E-state index in [0.29, 0.717) is 5.58 Å². The molecular weight excluding hydrogens is 200 g/mol. The Balaban J connectivity index is 2.87. The Kier molecular flexibility index (Phi) is 2.08. The fourth-order valence-corrected chi connectivity index (χ4v) is 1.87. The Hall–Kier alpha value is -1.28. The summed E-state index contributed by atoms with van der Waals surface area (Å²) in [5.74, 6) is 0.246. The fraction of sp³-hybridized carbons (Fsp3) is 0.182. The van der Waals surface area contributed by atoms with Gasteiger partial charge in [-0.3, -0.25) is 4.79 Å². The van der Waals surface area contributed by atoms with E-state index in [4.69, 9.17) is 16.0 Å². The zero-order valence-electron chi connectivity index (χ0n) is 7.93. The van der Waals surface area contributed by atoms with Gasteiger partial charge in [0.25, 0.3) is 5.24 Å². The Morgan fingerprint density at radius 3 is 2.64 bits per heavy atom. The molecular formula is C11H9ClO2. The van der Waals surface area contributed by atoms with Crippen molar-refractivity contribution in [3.63, 3.8) is 0 Å². The molecule has 0 amide bonds. The van der Waals surface area contributed by atoms with Crippen LogP contribution in [0, 0.1) is 13.8 Å². The second-order valence-corrected chi connectivity index (χ2v) is 3.62. The molecule has 0 fully saturated rings. The van der Waals surface area contributed by atoms with Crippen molar-refractivity contribution in [2.75, 3.05) is 0 Å². The molecule has 0 aliphatic heterocycles. The highest BCUT2D eigenvalue weighted by Crippen LogP contribution is 2.28. The molecule has 0 atom stereocenters. The second kappa shape index (κ2) is 3.14. The molecule has 0 saturated carbocycles. The topological polar surface area (TPSA) is 30.2 Å². The SMILES string of the molecule is Cc1cccc2oc(C(=O)Cl)c(C)c12. The summed E-state index contributed by atoms with van der Waals surface area (Å²) in [6.07, 6.45) is 0. The molecule has 3 heteroatoms. The molecule has 2 nitrogen and oxygen atoms in total. The second-order valence-electron chi connectivity index (χ2n) is 3.28. The largest absolute Gasteiger partial charge is 0.451 e. The first kappa shape index (κ1) is 9.28. The van der Waals surface area contributed by atoms with E-state index in [2.05, 4.69) is 0 Å². The summed E-state index contributed by atoms with van der Waals surface area (Å²) in [5, 5.41) is 0.439. The lowest BCUT2D eigenvalue weighted by Gasteiger charge is -1.94. The van der Waals surface area contributed by atoms with Crippen molar-refractivity contribution in [1.82, 2.24) is 0 Å². The summed E-state index contributed by atoms with van der Waals surface area (Å²) in [7, 11) is 0. The average molecular weight is 209 g/mol. The molecule has 0 bridgehead atoms. The minimum Gasteiger partial charge on any atom is -0.451 e. The smallest absolute Gasteiger partial charge is 0.288 e. The predicted molar refractivity (Wildman–Crippen MR) is 55.9 cm³/mol. The number of benzene rings is 1. The molecule has 72 valence electrons. The maximum Gasteiger partial charge on any atom is 0.288 e. The number of carbonyl (C=O) groups is 1. The van der Waals surface area contributed by atoms with Gasteiger partial charge in [0.2, 0.25) is 0 Å². The number of carbonyl (C=O) groups excluding carboxylic acids is 1. The highest BCUT2D eigenvalue weighted by atomic mass is 35.5. The van der Waals surface area contributed by atoms with Crippen molar-refractivity contribution in [3.8, 4) is 0 Å². The molecule has 0 spiro atoms. The number of rotatable bonds is 1. The molecule has 1 aromatic heterocycles. The average Bonchev–Trinajstić information content (AvgIpc) is 2.45. The van der Waals surface area contributed by atoms with Crippen LogP contribution in [0.15, 0.2) is 22.6 Å². The van der Waals surface area contributed by atoms with Crippen molar-refractivity contribution in [2.24, 2.45) is 0 Å². The van der Waals surface area contributed by atoms with Crippen LogP contribution in [0.5, 0.6) is 0 Å². The van der Waals surface area contributed by atoms with Gasteiger partial charge >= 0.3 is 0 Å². The van der Waals surface area contributed by atoms with Crippen LogP contribution in [0.2, 0.25) is 0 Å². The van der Waals surface area contributed by atoms with Gasteiger partial charge in [-0.05, 0) is 37.1 Å². The van der Waals surface area contributed by atoms with Gasteiger partial charge in [0.15, 0.2) is 5.76 Å². The van der Waals surface area contributed by atoms with Crippen molar-refractivity contribution in [3.05, 3.63) is 35.1 Å². The Bertz CT molecular complexity index is 511. The summed E-state index contributed by atoms with van der Waals surface area (Å²) >= 11 is 5.40. The van der Waals surface area contributed by atoms with E-state index in [1.165, 1.54) is 0 Å².